The Hall–Kier alpha value is -0.0800. The molecule has 0 saturated heterocycles. The maximum absolute atomic E-state index is 6.02. The molecule has 92 valence electrons. The number of unbranched alkanes of at least 4 members (excludes halogenated alkanes) is 3. The first kappa shape index (κ1) is 14.9. The second-order valence-corrected chi connectivity index (χ2v) is 5.75. The van der Waals surface area contributed by atoms with E-state index in [9.17, 15) is 0 Å². The Morgan fingerprint density at radius 1 is 1.00 bits per heavy atom. The fourth-order valence-corrected chi connectivity index (χ4v) is 1.77. The lowest BCUT2D eigenvalue weighted by Crippen LogP contribution is -2.60. The molecule has 0 rings (SSSR count). The average molecular weight is 214 g/mol. The van der Waals surface area contributed by atoms with Gasteiger partial charge in [-0.3, -0.25) is 0 Å². The van der Waals surface area contributed by atoms with Crippen molar-refractivity contribution in [1.82, 2.24) is 0 Å². The monoisotopic (exact) mass is 214 g/mol. The quantitative estimate of drug-likeness (QED) is 0.505. The van der Waals surface area contributed by atoms with Crippen LogP contribution in [0.4, 0.5) is 0 Å². The van der Waals surface area contributed by atoms with Crippen LogP contribution in [0.5, 0.6) is 0 Å². The number of hydrogen-bond acceptors (Lipinski definition) is 2. The van der Waals surface area contributed by atoms with E-state index in [0.29, 0.717) is 5.92 Å². The second-order valence-electron chi connectivity index (χ2n) is 5.75. The van der Waals surface area contributed by atoms with Crippen LogP contribution in [0.3, 0.4) is 0 Å². The molecule has 0 amide bonds. The van der Waals surface area contributed by atoms with Gasteiger partial charge in [0.05, 0.1) is 5.66 Å². The van der Waals surface area contributed by atoms with E-state index >= 15 is 0 Å². The van der Waals surface area contributed by atoms with Crippen LogP contribution in [-0.4, -0.2) is 5.66 Å². The highest BCUT2D eigenvalue weighted by Crippen LogP contribution is 2.36. The molecular formula is C13H30N2. The molecule has 0 aromatic heterocycles. The lowest BCUT2D eigenvalue weighted by atomic mass is 9.69. The minimum atomic E-state index is -0.586. The van der Waals surface area contributed by atoms with Crippen LogP contribution in [0.15, 0.2) is 0 Å². The lowest BCUT2D eigenvalue weighted by Gasteiger charge is -2.43. The van der Waals surface area contributed by atoms with Crippen molar-refractivity contribution in [3.63, 3.8) is 0 Å². The van der Waals surface area contributed by atoms with Crippen molar-refractivity contribution in [2.75, 3.05) is 0 Å². The smallest absolute Gasteiger partial charge is 0.0662 e. The van der Waals surface area contributed by atoms with Gasteiger partial charge in [-0.1, -0.05) is 59.8 Å². The molecule has 0 saturated carbocycles. The number of rotatable bonds is 7. The predicted octanol–water partition coefficient (Wildman–Crippen LogP) is 3.25. The Morgan fingerprint density at radius 3 is 1.93 bits per heavy atom. The maximum atomic E-state index is 6.02. The molecule has 4 N–H and O–H groups in total. The van der Waals surface area contributed by atoms with Crippen LogP contribution in [0.1, 0.15) is 66.7 Å². The van der Waals surface area contributed by atoms with Gasteiger partial charge in [0.25, 0.3) is 0 Å². The molecule has 0 spiro atoms. The molecule has 1 atom stereocenters. The average Bonchev–Trinajstić information content (AvgIpc) is 2.10. The van der Waals surface area contributed by atoms with Crippen LogP contribution in [0, 0.1) is 11.3 Å². The maximum Gasteiger partial charge on any atom is 0.0662 e. The summed E-state index contributed by atoms with van der Waals surface area (Å²) in [4.78, 5) is 0. The van der Waals surface area contributed by atoms with Gasteiger partial charge < -0.3 is 11.5 Å². The normalized spacial score (nSPS) is 15.4. The summed E-state index contributed by atoms with van der Waals surface area (Å²) in [6.45, 7) is 10.8. The predicted molar refractivity (Wildman–Crippen MR) is 68.5 cm³/mol. The first-order valence-corrected chi connectivity index (χ1v) is 6.31. The van der Waals surface area contributed by atoms with Gasteiger partial charge in [0.15, 0.2) is 0 Å². The van der Waals surface area contributed by atoms with Crippen LogP contribution >= 0.6 is 0 Å². The highest BCUT2D eigenvalue weighted by Gasteiger charge is 2.38. The summed E-state index contributed by atoms with van der Waals surface area (Å²) in [5, 5.41) is 0. The molecule has 0 heterocycles. The molecule has 0 aliphatic rings. The van der Waals surface area contributed by atoms with E-state index in [0.717, 1.165) is 0 Å². The first-order valence-electron chi connectivity index (χ1n) is 6.31. The van der Waals surface area contributed by atoms with E-state index in [-0.39, 0.29) is 5.41 Å². The van der Waals surface area contributed by atoms with E-state index in [1.54, 1.807) is 0 Å². The zero-order valence-corrected chi connectivity index (χ0v) is 11.3. The summed E-state index contributed by atoms with van der Waals surface area (Å²) < 4.78 is 0. The topological polar surface area (TPSA) is 52.0 Å². The van der Waals surface area contributed by atoms with Crippen molar-refractivity contribution in [1.29, 1.82) is 0 Å². The molecule has 0 aromatic carbocycles. The molecule has 2 heteroatoms. The van der Waals surface area contributed by atoms with Gasteiger partial charge in [-0.15, -0.1) is 0 Å². The largest absolute Gasteiger partial charge is 0.313 e. The molecule has 15 heavy (non-hydrogen) atoms. The molecule has 1 unspecified atom stereocenters. The minimum absolute atomic E-state index is 0.000779. The summed E-state index contributed by atoms with van der Waals surface area (Å²) in [6.07, 6.45) is 6.51. The Labute approximate surface area is 95.8 Å². The van der Waals surface area contributed by atoms with Crippen LogP contribution in [-0.2, 0) is 0 Å². The van der Waals surface area contributed by atoms with E-state index < -0.39 is 5.66 Å². The van der Waals surface area contributed by atoms with Gasteiger partial charge in [0, 0.05) is 0 Å². The lowest BCUT2D eigenvalue weighted by molar-refractivity contribution is 0.102. The van der Waals surface area contributed by atoms with Crippen molar-refractivity contribution in [2.45, 2.75) is 72.4 Å². The third kappa shape index (κ3) is 4.52. The highest BCUT2D eigenvalue weighted by molar-refractivity contribution is 4.92. The number of nitrogens with two attached hydrogens (primary N) is 2. The molecule has 0 aliphatic carbocycles. The Balaban J connectivity index is 4.03. The zero-order valence-electron chi connectivity index (χ0n) is 11.3. The fourth-order valence-electron chi connectivity index (χ4n) is 1.77. The molecule has 2 nitrogen and oxygen atoms in total. The Morgan fingerprint density at radius 2 is 1.53 bits per heavy atom. The molecule has 0 bridgehead atoms. The summed E-state index contributed by atoms with van der Waals surface area (Å²) in [7, 11) is 0. The molecular weight excluding hydrogens is 184 g/mol. The van der Waals surface area contributed by atoms with E-state index in [2.05, 4.69) is 27.7 Å². The van der Waals surface area contributed by atoms with Crippen molar-refractivity contribution in [2.24, 2.45) is 22.8 Å². The third-order valence-corrected chi connectivity index (χ3v) is 4.11. The van der Waals surface area contributed by atoms with Gasteiger partial charge in [-0.25, -0.2) is 0 Å². The Bertz CT molecular complexity index is 168. The van der Waals surface area contributed by atoms with Crippen molar-refractivity contribution in [3.05, 3.63) is 0 Å². The van der Waals surface area contributed by atoms with E-state index in [1.807, 2.05) is 6.92 Å². The summed E-state index contributed by atoms with van der Waals surface area (Å²) in [6, 6.07) is 0. The highest BCUT2D eigenvalue weighted by atomic mass is 15.0. The minimum Gasteiger partial charge on any atom is -0.313 e. The van der Waals surface area contributed by atoms with Crippen LogP contribution in [0.2, 0.25) is 0 Å². The van der Waals surface area contributed by atoms with Crippen molar-refractivity contribution in [3.8, 4) is 0 Å². The zero-order chi connectivity index (χ0) is 12.1. The van der Waals surface area contributed by atoms with Crippen molar-refractivity contribution >= 4 is 0 Å². The number of hydrogen-bond donors (Lipinski definition) is 2. The van der Waals surface area contributed by atoms with Gasteiger partial charge in [-0.05, 0) is 18.3 Å². The van der Waals surface area contributed by atoms with E-state index in [1.165, 1.54) is 32.1 Å². The second kappa shape index (κ2) is 5.86. The van der Waals surface area contributed by atoms with Crippen molar-refractivity contribution < 1.29 is 0 Å². The van der Waals surface area contributed by atoms with Crippen LogP contribution in [0.25, 0.3) is 0 Å². The standard InChI is InChI=1S/C13H30N2/c1-6-7-8-9-10-11(2)12(3,4)13(5,14)15/h11H,6-10,14-15H2,1-5H3. The summed E-state index contributed by atoms with van der Waals surface area (Å²) in [5.41, 5.74) is 11.5. The SMILES string of the molecule is CCCCCCC(C)C(C)(C)C(C)(N)N. The molecule has 0 radical (unpaired) electrons. The summed E-state index contributed by atoms with van der Waals surface area (Å²) >= 11 is 0. The first-order chi connectivity index (χ1) is 6.73. The molecule has 0 fully saturated rings. The van der Waals surface area contributed by atoms with Gasteiger partial charge >= 0.3 is 0 Å². The van der Waals surface area contributed by atoms with Gasteiger partial charge in [0.2, 0.25) is 0 Å². The van der Waals surface area contributed by atoms with E-state index in [4.69, 9.17) is 11.5 Å². The fraction of sp³-hybridized carbons (Fsp3) is 1.00. The molecule has 0 aliphatic heterocycles. The third-order valence-electron chi connectivity index (χ3n) is 4.11. The van der Waals surface area contributed by atoms with Crippen LogP contribution < -0.4 is 11.5 Å². The van der Waals surface area contributed by atoms with Gasteiger partial charge in [0.1, 0.15) is 0 Å². The summed E-state index contributed by atoms with van der Waals surface area (Å²) in [5.74, 6) is 0.578. The Kier molecular flexibility index (Phi) is 5.82. The van der Waals surface area contributed by atoms with Gasteiger partial charge in [-0.2, -0.15) is 0 Å². The molecule has 0 aromatic rings.